The number of hydrogen-bond donors (Lipinski definition) is 2. The number of pyridine rings is 1. The van der Waals surface area contributed by atoms with Crippen molar-refractivity contribution in [3.05, 3.63) is 75.6 Å². The van der Waals surface area contributed by atoms with Crippen LogP contribution in [-0.4, -0.2) is 28.6 Å². The van der Waals surface area contributed by atoms with E-state index >= 15 is 0 Å². The number of methoxy groups -OCH3 is 1. The van der Waals surface area contributed by atoms with Crippen molar-refractivity contribution in [3.63, 3.8) is 0 Å². The molecular formula is C20H20N2O3. The van der Waals surface area contributed by atoms with Crippen LogP contribution in [0.3, 0.4) is 0 Å². The summed E-state index contributed by atoms with van der Waals surface area (Å²) in [6.07, 6.45) is -0.524. The molecule has 0 spiro atoms. The van der Waals surface area contributed by atoms with Crippen molar-refractivity contribution >= 4 is 10.9 Å². The first kappa shape index (κ1) is 15.9. The summed E-state index contributed by atoms with van der Waals surface area (Å²) < 4.78 is 5.26. The number of β-amino-alcohol motifs (C(OH)–C–C–N with tert-alkyl or cyclic N) is 1. The standard InChI is InChI=1S/C20H20N2O3/c1-25-16-6-7-18-14(9-16)8-15(20(24)21-18)11-22-10-13-4-2-3-5-17(13)19(23)12-22/h2-9,19,23H,10-12H2,1H3,(H,21,24)/t19-/m1/s1. The molecule has 2 heterocycles. The van der Waals surface area contributed by atoms with Crippen LogP contribution in [0.2, 0.25) is 0 Å². The molecule has 0 aliphatic carbocycles. The number of hydrogen-bond acceptors (Lipinski definition) is 4. The molecular weight excluding hydrogens is 316 g/mol. The molecule has 0 unspecified atom stereocenters. The molecule has 0 radical (unpaired) electrons. The second kappa shape index (κ2) is 6.35. The van der Waals surface area contributed by atoms with Gasteiger partial charge in [-0.15, -0.1) is 0 Å². The molecule has 25 heavy (non-hydrogen) atoms. The molecule has 1 aliphatic heterocycles. The number of aromatic nitrogens is 1. The molecule has 0 bridgehead atoms. The van der Waals surface area contributed by atoms with Gasteiger partial charge in [0.2, 0.25) is 0 Å². The minimum Gasteiger partial charge on any atom is -0.497 e. The molecule has 0 saturated heterocycles. The van der Waals surface area contributed by atoms with Gasteiger partial charge in [0.1, 0.15) is 5.75 Å². The third-order valence-corrected chi connectivity index (χ3v) is 4.76. The zero-order valence-corrected chi connectivity index (χ0v) is 14.0. The van der Waals surface area contributed by atoms with E-state index in [1.807, 2.05) is 48.5 Å². The van der Waals surface area contributed by atoms with Gasteiger partial charge in [0.15, 0.2) is 0 Å². The van der Waals surface area contributed by atoms with E-state index < -0.39 is 6.10 Å². The van der Waals surface area contributed by atoms with Crippen LogP contribution < -0.4 is 10.3 Å². The summed E-state index contributed by atoms with van der Waals surface area (Å²) in [5, 5.41) is 11.3. The Labute approximate surface area is 145 Å². The highest BCUT2D eigenvalue weighted by Crippen LogP contribution is 2.27. The Kier molecular flexibility index (Phi) is 4.03. The maximum Gasteiger partial charge on any atom is 0.252 e. The van der Waals surface area contributed by atoms with E-state index in [4.69, 9.17) is 4.74 Å². The third-order valence-electron chi connectivity index (χ3n) is 4.76. The highest BCUT2D eigenvalue weighted by molar-refractivity contribution is 5.80. The minimum absolute atomic E-state index is 0.0917. The van der Waals surface area contributed by atoms with Crippen LogP contribution in [0.1, 0.15) is 22.8 Å². The van der Waals surface area contributed by atoms with Gasteiger partial charge in [-0.05, 0) is 35.4 Å². The number of aromatic amines is 1. The Morgan fingerprint density at radius 1 is 1.24 bits per heavy atom. The molecule has 3 aromatic rings. The lowest BCUT2D eigenvalue weighted by Gasteiger charge is -2.32. The van der Waals surface area contributed by atoms with Crippen LogP contribution in [0.4, 0.5) is 0 Å². The largest absolute Gasteiger partial charge is 0.497 e. The van der Waals surface area contributed by atoms with E-state index in [0.29, 0.717) is 18.7 Å². The molecule has 0 fully saturated rings. The Bertz CT molecular complexity index is 980. The number of rotatable bonds is 3. The van der Waals surface area contributed by atoms with Gasteiger partial charge in [0.05, 0.1) is 13.2 Å². The second-order valence-corrected chi connectivity index (χ2v) is 6.46. The lowest BCUT2D eigenvalue weighted by atomic mass is 9.97. The predicted molar refractivity (Wildman–Crippen MR) is 96.6 cm³/mol. The van der Waals surface area contributed by atoms with E-state index in [1.54, 1.807) is 7.11 Å². The average molecular weight is 336 g/mol. The quantitative estimate of drug-likeness (QED) is 0.772. The maximum atomic E-state index is 12.4. The van der Waals surface area contributed by atoms with Crippen LogP contribution in [0.5, 0.6) is 5.75 Å². The molecule has 0 saturated carbocycles. The maximum absolute atomic E-state index is 12.4. The molecule has 0 amide bonds. The highest BCUT2D eigenvalue weighted by atomic mass is 16.5. The van der Waals surface area contributed by atoms with Crippen molar-refractivity contribution < 1.29 is 9.84 Å². The molecule has 5 heteroatoms. The molecule has 1 aliphatic rings. The zero-order chi connectivity index (χ0) is 17.4. The number of benzene rings is 2. The lowest BCUT2D eigenvalue weighted by molar-refractivity contribution is 0.0880. The summed E-state index contributed by atoms with van der Waals surface area (Å²) in [6, 6.07) is 15.4. The van der Waals surface area contributed by atoms with E-state index in [1.165, 1.54) is 0 Å². The topological polar surface area (TPSA) is 65.6 Å². The Morgan fingerprint density at radius 3 is 2.92 bits per heavy atom. The molecule has 1 atom stereocenters. The first-order valence-electron chi connectivity index (χ1n) is 8.32. The zero-order valence-electron chi connectivity index (χ0n) is 14.0. The third kappa shape index (κ3) is 3.04. The number of nitrogens with one attached hydrogen (secondary N) is 1. The summed E-state index contributed by atoms with van der Waals surface area (Å²) in [7, 11) is 1.63. The van der Waals surface area contributed by atoms with Crippen molar-refractivity contribution in [3.8, 4) is 5.75 Å². The minimum atomic E-state index is -0.524. The first-order valence-corrected chi connectivity index (χ1v) is 8.32. The second-order valence-electron chi connectivity index (χ2n) is 6.46. The number of nitrogens with zero attached hydrogens (tertiary/aromatic N) is 1. The van der Waals surface area contributed by atoms with Crippen LogP contribution in [0, 0.1) is 0 Å². The van der Waals surface area contributed by atoms with Crippen molar-refractivity contribution in [2.45, 2.75) is 19.2 Å². The van der Waals surface area contributed by atoms with Gasteiger partial charge < -0.3 is 14.8 Å². The van der Waals surface area contributed by atoms with Crippen molar-refractivity contribution in [2.24, 2.45) is 0 Å². The number of aliphatic hydroxyl groups excluding tert-OH is 1. The Morgan fingerprint density at radius 2 is 2.08 bits per heavy atom. The van der Waals surface area contributed by atoms with Gasteiger partial charge in [-0.3, -0.25) is 9.69 Å². The number of H-pyrrole nitrogens is 1. The molecule has 2 aromatic carbocycles. The van der Waals surface area contributed by atoms with Gasteiger partial charge in [-0.2, -0.15) is 0 Å². The van der Waals surface area contributed by atoms with E-state index in [0.717, 1.165) is 34.3 Å². The number of ether oxygens (including phenoxy) is 1. The fourth-order valence-corrected chi connectivity index (χ4v) is 3.49. The van der Waals surface area contributed by atoms with Crippen LogP contribution in [-0.2, 0) is 13.1 Å². The van der Waals surface area contributed by atoms with Crippen LogP contribution in [0.15, 0.2) is 53.3 Å². The molecule has 2 N–H and O–H groups in total. The highest BCUT2D eigenvalue weighted by Gasteiger charge is 2.23. The smallest absolute Gasteiger partial charge is 0.252 e. The number of aliphatic hydroxyl groups is 1. The summed E-state index contributed by atoms with van der Waals surface area (Å²) in [6.45, 7) is 1.74. The van der Waals surface area contributed by atoms with Crippen molar-refractivity contribution in [1.82, 2.24) is 9.88 Å². The molecule has 1 aromatic heterocycles. The van der Waals surface area contributed by atoms with Gasteiger partial charge in [-0.25, -0.2) is 0 Å². The van der Waals surface area contributed by atoms with Crippen LogP contribution >= 0.6 is 0 Å². The van der Waals surface area contributed by atoms with Gasteiger partial charge >= 0.3 is 0 Å². The van der Waals surface area contributed by atoms with Gasteiger partial charge in [0, 0.05) is 36.1 Å². The van der Waals surface area contributed by atoms with E-state index in [-0.39, 0.29) is 5.56 Å². The molecule has 5 nitrogen and oxygen atoms in total. The normalized spacial score (nSPS) is 17.4. The average Bonchev–Trinajstić information content (AvgIpc) is 2.62. The fourth-order valence-electron chi connectivity index (χ4n) is 3.49. The predicted octanol–water partition coefficient (Wildman–Crippen LogP) is 2.59. The van der Waals surface area contributed by atoms with Crippen molar-refractivity contribution in [2.75, 3.05) is 13.7 Å². The summed E-state index contributed by atoms with van der Waals surface area (Å²) in [5.41, 5.74) is 3.48. The number of fused-ring (bicyclic) bond motifs is 2. The van der Waals surface area contributed by atoms with Crippen molar-refractivity contribution in [1.29, 1.82) is 0 Å². The summed E-state index contributed by atoms with van der Waals surface area (Å²) in [4.78, 5) is 17.4. The SMILES string of the molecule is COc1ccc2[nH]c(=O)c(CN3Cc4ccccc4[C@H](O)C3)cc2c1. The fraction of sp³-hybridized carbons (Fsp3) is 0.250. The monoisotopic (exact) mass is 336 g/mol. The Balaban J connectivity index is 1.64. The van der Waals surface area contributed by atoms with E-state index in [2.05, 4.69) is 9.88 Å². The summed E-state index contributed by atoms with van der Waals surface area (Å²) in [5.74, 6) is 0.757. The first-order chi connectivity index (χ1) is 12.1. The van der Waals surface area contributed by atoms with Crippen LogP contribution in [0.25, 0.3) is 10.9 Å². The molecule has 128 valence electrons. The lowest BCUT2D eigenvalue weighted by Crippen LogP contribution is -2.34. The van der Waals surface area contributed by atoms with Gasteiger partial charge in [-0.1, -0.05) is 24.3 Å². The summed E-state index contributed by atoms with van der Waals surface area (Å²) >= 11 is 0. The van der Waals surface area contributed by atoms with E-state index in [9.17, 15) is 9.90 Å². The van der Waals surface area contributed by atoms with Gasteiger partial charge in [0.25, 0.3) is 5.56 Å². The Hall–Kier alpha value is -2.63. The molecule has 4 rings (SSSR count).